The van der Waals surface area contributed by atoms with Gasteiger partial charge in [-0.1, -0.05) is 23.7 Å². The van der Waals surface area contributed by atoms with Gasteiger partial charge >= 0.3 is 0 Å². The van der Waals surface area contributed by atoms with E-state index in [1.807, 2.05) is 0 Å². The first-order valence-electron chi connectivity index (χ1n) is 8.35. The van der Waals surface area contributed by atoms with Gasteiger partial charge in [-0.3, -0.25) is 0 Å². The number of sulfonamides is 1. The maximum absolute atomic E-state index is 11.2. The second kappa shape index (κ2) is 8.99. The smallest absolute Gasteiger partial charge is 0.226 e. The lowest BCUT2D eigenvalue weighted by Crippen LogP contribution is -2.14. The van der Waals surface area contributed by atoms with Crippen molar-refractivity contribution >= 4 is 33.5 Å². The van der Waals surface area contributed by atoms with Crippen LogP contribution >= 0.6 is 11.6 Å². The first-order chi connectivity index (χ1) is 13.8. The van der Waals surface area contributed by atoms with Crippen LogP contribution in [0.2, 0.25) is 5.02 Å². The van der Waals surface area contributed by atoms with E-state index in [-0.39, 0.29) is 5.75 Å². The van der Waals surface area contributed by atoms with Crippen molar-refractivity contribution in [1.82, 2.24) is 19.9 Å². The Hall–Kier alpha value is -3.02. The zero-order valence-electron chi connectivity index (χ0n) is 15.3. The average Bonchev–Trinajstić information content (AvgIpc) is 2.68. The van der Waals surface area contributed by atoms with Crippen molar-refractivity contribution < 1.29 is 13.2 Å². The number of nitrogens with zero attached hydrogens (tertiary/aromatic N) is 4. The van der Waals surface area contributed by atoms with E-state index in [0.717, 1.165) is 0 Å². The molecule has 0 fully saturated rings. The molecule has 0 unspecified atom stereocenters. The minimum absolute atomic E-state index is 0.243. The lowest BCUT2D eigenvalue weighted by molar-refractivity contribution is 0.461. The summed E-state index contributed by atoms with van der Waals surface area (Å²) in [4.78, 5) is 16.7. The molecular weight excluding hydrogens is 418 g/mol. The molecule has 0 radical (unpaired) electrons. The maximum atomic E-state index is 11.2. The number of rotatable bonds is 8. The van der Waals surface area contributed by atoms with Crippen LogP contribution < -0.4 is 20.5 Å². The van der Waals surface area contributed by atoms with Crippen molar-refractivity contribution in [1.29, 1.82) is 0 Å². The van der Waals surface area contributed by atoms with Crippen LogP contribution in [0.25, 0.3) is 0 Å². The van der Waals surface area contributed by atoms with Gasteiger partial charge in [0.25, 0.3) is 0 Å². The Morgan fingerprint density at radius 1 is 1.10 bits per heavy atom. The van der Waals surface area contributed by atoms with Gasteiger partial charge in [-0.25, -0.2) is 28.5 Å². The fraction of sp³-hybridized carbons (Fsp3) is 0.176. The highest BCUT2D eigenvalue weighted by Gasteiger charge is 2.09. The largest absolute Gasteiger partial charge is 0.439 e. The van der Waals surface area contributed by atoms with E-state index < -0.39 is 10.0 Å². The van der Waals surface area contributed by atoms with Crippen molar-refractivity contribution in [3.63, 3.8) is 0 Å². The van der Waals surface area contributed by atoms with E-state index in [1.165, 1.54) is 12.4 Å². The van der Waals surface area contributed by atoms with E-state index in [1.54, 1.807) is 37.4 Å². The Morgan fingerprint density at radius 2 is 1.79 bits per heavy atom. The standard InChI is InChI=1S/C17H18ClN7O3S/c1-20-16-24-13(9-23-17-21-7-12(18)8-22-17)6-15(25-16)28-14-4-2-11(3-5-14)10-29(19,26)27/h2-8H,9-10H2,1H3,(H2,19,26,27)(H,20,24,25)(H,21,22,23). The molecule has 0 amide bonds. The second-order valence-electron chi connectivity index (χ2n) is 5.90. The number of ether oxygens (including phenoxy) is 1. The van der Waals surface area contributed by atoms with Crippen molar-refractivity contribution in [3.05, 3.63) is 59.0 Å². The number of hydrogen-bond acceptors (Lipinski definition) is 9. The van der Waals surface area contributed by atoms with E-state index in [9.17, 15) is 8.42 Å². The molecule has 1 aromatic carbocycles. The number of primary sulfonamides is 1. The number of nitrogens with two attached hydrogens (primary N) is 1. The predicted molar refractivity (Wildman–Crippen MR) is 109 cm³/mol. The Balaban J connectivity index is 1.71. The average molecular weight is 436 g/mol. The van der Waals surface area contributed by atoms with Gasteiger partial charge in [-0.2, -0.15) is 4.98 Å². The Kier molecular flexibility index (Phi) is 6.42. The fourth-order valence-electron chi connectivity index (χ4n) is 2.31. The normalized spacial score (nSPS) is 11.1. The summed E-state index contributed by atoms with van der Waals surface area (Å²) in [6.45, 7) is 0.336. The maximum Gasteiger partial charge on any atom is 0.226 e. The lowest BCUT2D eigenvalue weighted by Gasteiger charge is -2.10. The molecule has 0 spiro atoms. The number of hydrogen-bond donors (Lipinski definition) is 3. The van der Waals surface area contributed by atoms with Crippen molar-refractivity contribution in [2.75, 3.05) is 17.7 Å². The number of benzene rings is 1. The minimum atomic E-state index is -3.59. The van der Waals surface area contributed by atoms with Gasteiger partial charge in [0.05, 0.1) is 35.4 Å². The monoisotopic (exact) mass is 435 g/mol. The van der Waals surface area contributed by atoms with Gasteiger partial charge in [0.15, 0.2) is 0 Å². The van der Waals surface area contributed by atoms with E-state index in [2.05, 4.69) is 30.6 Å². The number of aromatic nitrogens is 4. The molecule has 2 aromatic heterocycles. The molecule has 0 bridgehead atoms. The number of nitrogens with one attached hydrogen (secondary N) is 2. The van der Waals surface area contributed by atoms with Gasteiger partial charge in [0.1, 0.15) is 5.75 Å². The number of anilines is 2. The molecule has 4 N–H and O–H groups in total. The highest BCUT2D eigenvalue weighted by molar-refractivity contribution is 7.88. The van der Waals surface area contributed by atoms with Crippen LogP contribution in [0.1, 0.15) is 11.3 Å². The summed E-state index contributed by atoms with van der Waals surface area (Å²) in [5.41, 5.74) is 1.20. The summed E-state index contributed by atoms with van der Waals surface area (Å²) in [5, 5.41) is 11.4. The second-order valence-corrected chi connectivity index (χ2v) is 7.95. The molecule has 3 aromatic rings. The van der Waals surface area contributed by atoms with Gasteiger partial charge in [-0.05, 0) is 17.7 Å². The molecule has 0 saturated carbocycles. The van der Waals surface area contributed by atoms with Crippen LogP contribution in [0, 0.1) is 0 Å². The molecule has 3 rings (SSSR count). The van der Waals surface area contributed by atoms with Crippen LogP contribution in [0.3, 0.4) is 0 Å². The first-order valence-corrected chi connectivity index (χ1v) is 10.4. The molecule has 0 aliphatic rings. The summed E-state index contributed by atoms with van der Waals surface area (Å²) in [6.07, 6.45) is 2.98. The fourth-order valence-corrected chi connectivity index (χ4v) is 3.06. The third-order valence-electron chi connectivity index (χ3n) is 3.54. The quantitative estimate of drug-likeness (QED) is 0.484. The summed E-state index contributed by atoms with van der Waals surface area (Å²) in [5.74, 6) is 1.35. The SMILES string of the molecule is CNc1nc(CNc2ncc(Cl)cn2)cc(Oc2ccc(CS(N)(=O)=O)cc2)n1. The molecule has 0 aliphatic carbocycles. The van der Waals surface area contributed by atoms with Crippen LogP contribution in [0.15, 0.2) is 42.7 Å². The molecule has 0 atom stereocenters. The van der Waals surface area contributed by atoms with Gasteiger partial charge in [0, 0.05) is 13.1 Å². The molecular formula is C17H18ClN7O3S. The first kappa shape index (κ1) is 20.7. The summed E-state index contributed by atoms with van der Waals surface area (Å²) < 4.78 is 28.1. The predicted octanol–water partition coefficient (Wildman–Crippen LogP) is 2.15. The highest BCUT2D eigenvalue weighted by atomic mass is 35.5. The van der Waals surface area contributed by atoms with Gasteiger partial charge in [-0.15, -0.1) is 0 Å². The molecule has 12 heteroatoms. The third kappa shape index (κ3) is 6.52. The number of halogens is 1. The van der Waals surface area contributed by atoms with Gasteiger partial charge in [0.2, 0.25) is 27.8 Å². The van der Waals surface area contributed by atoms with Crippen molar-refractivity contribution in [2.24, 2.45) is 5.14 Å². The molecule has 29 heavy (non-hydrogen) atoms. The molecule has 0 aliphatic heterocycles. The summed E-state index contributed by atoms with van der Waals surface area (Å²) in [7, 11) is -1.89. The summed E-state index contributed by atoms with van der Waals surface area (Å²) >= 11 is 5.77. The van der Waals surface area contributed by atoms with Crippen LogP contribution in [0.5, 0.6) is 11.6 Å². The highest BCUT2D eigenvalue weighted by Crippen LogP contribution is 2.22. The van der Waals surface area contributed by atoms with E-state index >= 15 is 0 Å². The van der Waals surface area contributed by atoms with Crippen LogP contribution in [-0.2, 0) is 22.3 Å². The Bertz CT molecular complexity index is 1080. The van der Waals surface area contributed by atoms with Crippen LogP contribution in [-0.4, -0.2) is 35.4 Å². The molecule has 2 heterocycles. The minimum Gasteiger partial charge on any atom is -0.439 e. The van der Waals surface area contributed by atoms with E-state index in [4.69, 9.17) is 21.5 Å². The molecule has 152 valence electrons. The third-order valence-corrected chi connectivity index (χ3v) is 4.47. The lowest BCUT2D eigenvalue weighted by atomic mass is 10.2. The zero-order chi connectivity index (χ0) is 20.9. The van der Waals surface area contributed by atoms with Gasteiger partial charge < -0.3 is 15.4 Å². The van der Waals surface area contributed by atoms with E-state index in [0.29, 0.717) is 46.4 Å². The molecule has 0 saturated heterocycles. The van der Waals surface area contributed by atoms with Crippen molar-refractivity contribution in [2.45, 2.75) is 12.3 Å². The summed E-state index contributed by atoms with van der Waals surface area (Å²) in [6, 6.07) is 8.20. The topological polar surface area (TPSA) is 145 Å². The Labute approximate surface area is 172 Å². The molecule has 10 nitrogen and oxygen atoms in total. The zero-order valence-corrected chi connectivity index (χ0v) is 16.9. The van der Waals surface area contributed by atoms with Crippen molar-refractivity contribution in [3.8, 4) is 11.6 Å². The van der Waals surface area contributed by atoms with Crippen LogP contribution in [0.4, 0.5) is 11.9 Å². The Morgan fingerprint density at radius 3 is 2.41 bits per heavy atom.